The van der Waals surface area contributed by atoms with Crippen LogP contribution >= 0.6 is 11.3 Å². The Hall–Kier alpha value is -4.38. The maximum atomic E-state index is 15.8. The number of rotatable bonds is 6. The van der Waals surface area contributed by atoms with E-state index in [2.05, 4.69) is 20.9 Å². The number of carbonyl (C=O) groups is 1. The largest absolute Gasteiger partial charge is 0.489 e. The fourth-order valence-electron chi connectivity index (χ4n) is 6.95. The Morgan fingerprint density at radius 3 is 2.64 bits per heavy atom. The number of aliphatic hydroxyl groups excluding tert-OH is 1. The zero-order chi connectivity index (χ0) is 31.0. The molecule has 4 aliphatic heterocycles. The fourth-order valence-corrected chi connectivity index (χ4v) is 7.80. The molecule has 0 atom stereocenters. The lowest BCUT2D eigenvalue weighted by atomic mass is 9.72. The summed E-state index contributed by atoms with van der Waals surface area (Å²) in [5.41, 5.74) is 3.46. The minimum atomic E-state index is -0.422. The first-order valence-electron chi connectivity index (χ1n) is 14.8. The number of halogens is 2. The Bertz CT molecular complexity index is 1890. The van der Waals surface area contributed by atoms with Crippen molar-refractivity contribution in [1.82, 2.24) is 19.8 Å². The van der Waals surface area contributed by atoms with E-state index in [9.17, 15) is 19.6 Å². The van der Waals surface area contributed by atoms with E-state index in [4.69, 9.17) is 9.72 Å². The summed E-state index contributed by atoms with van der Waals surface area (Å²) in [6.07, 6.45) is 0.152. The van der Waals surface area contributed by atoms with Gasteiger partial charge in [0, 0.05) is 74.8 Å². The van der Waals surface area contributed by atoms with Crippen LogP contribution in [-0.2, 0) is 11.2 Å². The second kappa shape index (κ2) is 10.3. The normalized spacial score (nSPS) is 18.6. The number of anilines is 3. The Labute approximate surface area is 261 Å². The van der Waals surface area contributed by atoms with Gasteiger partial charge in [-0.3, -0.25) is 9.69 Å². The van der Waals surface area contributed by atoms with Crippen LogP contribution in [0.15, 0.2) is 36.4 Å². The minimum absolute atomic E-state index is 0.0498. The Balaban J connectivity index is 1.08. The second-order valence-corrected chi connectivity index (χ2v) is 13.4. The maximum absolute atomic E-state index is 15.8. The minimum Gasteiger partial charge on any atom is -0.489 e. The fraction of sp³-hybridized carbons (Fsp3) is 0.375. The van der Waals surface area contributed by atoms with Gasteiger partial charge in [0.25, 0.3) is 0 Å². The zero-order valence-corrected chi connectivity index (χ0v) is 25.3. The van der Waals surface area contributed by atoms with E-state index >= 15 is 4.39 Å². The number of thiazole rings is 1. The maximum Gasteiger partial charge on any atom is 0.236 e. The number of aromatic nitrogens is 2. The first-order chi connectivity index (χ1) is 21.7. The highest BCUT2D eigenvalue weighted by atomic mass is 32.1. The van der Waals surface area contributed by atoms with Crippen LogP contribution < -0.4 is 14.5 Å². The topological polar surface area (TPSA) is 109 Å². The molecule has 10 nitrogen and oxygen atoms in total. The number of amides is 1. The molecule has 3 saturated heterocycles. The third-order valence-electron chi connectivity index (χ3n) is 9.18. The molecule has 4 aromatic rings. The van der Waals surface area contributed by atoms with Crippen molar-refractivity contribution in [3.8, 4) is 23.1 Å². The lowest BCUT2D eigenvalue weighted by molar-refractivity contribution is -0.146. The SMILES string of the molecule is CN(c1nc(-c2ccc(F)cc2)c(C#N)s1)c1c2c(nc3c(F)cc(N4CC5(CN(CC(=O)N6CC(O)C6)C5)C4)cc13)CCO2. The van der Waals surface area contributed by atoms with Crippen molar-refractivity contribution in [2.75, 3.05) is 69.3 Å². The lowest BCUT2D eigenvalue weighted by Gasteiger charge is -2.61. The van der Waals surface area contributed by atoms with Crippen molar-refractivity contribution >= 4 is 44.7 Å². The molecule has 230 valence electrons. The highest BCUT2D eigenvalue weighted by Crippen LogP contribution is 2.48. The second-order valence-electron chi connectivity index (χ2n) is 12.5. The van der Waals surface area contributed by atoms with Gasteiger partial charge in [0.15, 0.2) is 16.7 Å². The third kappa shape index (κ3) is 4.67. The Morgan fingerprint density at radius 1 is 1.18 bits per heavy atom. The van der Waals surface area contributed by atoms with Crippen LogP contribution in [0.1, 0.15) is 10.6 Å². The van der Waals surface area contributed by atoms with E-state index in [1.165, 1.54) is 29.5 Å². The molecule has 45 heavy (non-hydrogen) atoms. The van der Waals surface area contributed by atoms with Crippen LogP contribution in [0.2, 0.25) is 0 Å². The number of hydrogen-bond donors (Lipinski definition) is 1. The number of hydrogen-bond acceptors (Lipinski definition) is 10. The van der Waals surface area contributed by atoms with Gasteiger partial charge in [0.05, 0.1) is 30.6 Å². The molecule has 1 spiro atoms. The summed E-state index contributed by atoms with van der Waals surface area (Å²) in [5.74, 6) is -0.171. The van der Waals surface area contributed by atoms with Crippen LogP contribution in [0.4, 0.5) is 25.3 Å². The quantitative estimate of drug-likeness (QED) is 0.343. The van der Waals surface area contributed by atoms with Gasteiger partial charge in [-0.05, 0) is 36.4 Å². The van der Waals surface area contributed by atoms with Crippen LogP contribution in [0.5, 0.6) is 5.75 Å². The summed E-state index contributed by atoms with van der Waals surface area (Å²) in [7, 11) is 1.82. The van der Waals surface area contributed by atoms with Gasteiger partial charge >= 0.3 is 0 Å². The Kier molecular flexibility index (Phi) is 6.46. The number of nitriles is 1. The van der Waals surface area contributed by atoms with Crippen molar-refractivity contribution in [2.24, 2.45) is 5.41 Å². The van der Waals surface area contributed by atoms with Crippen LogP contribution in [0, 0.1) is 28.4 Å². The summed E-state index contributed by atoms with van der Waals surface area (Å²) < 4.78 is 35.4. The van der Waals surface area contributed by atoms with Crippen molar-refractivity contribution < 1.29 is 23.4 Å². The van der Waals surface area contributed by atoms with Gasteiger partial charge in [0.2, 0.25) is 5.91 Å². The molecule has 3 fully saturated rings. The number of fused-ring (bicyclic) bond motifs is 2. The Morgan fingerprint density at radius 2 is 1.93 bits per heavy atom. The summed E-state index contributed by atoms with van der Waals surface area (Å²) >= 11 is 1.20. The van der Waals surface area contributed by atoms with Crippen molar-refractivity contribution in [3.63, 3.8) is 0 Å². The molecule has 0 saturated carbocycles. The number of pyridine rings is 1. The molecule has 2 aromatic heterocycles. The first kappa shape index (κ1) is 28.1. The van der Waals surface area contributed by atoms with Gasteiger partial charge in [-0.2, -0.15) is 5.26 Å². The summed E-state index contributed by atoms with van der Waals surface area (Å²) in [6.45, 7) is 4.74. The van der Waals surface area contributed by atoms with E-state index in [-0.39, 0.29) is 22.7 Å². The standard InChI is InChI=1S/C32H29F2N7O3S/c1-38(31-37-27(25(10-35)45-31)18-2-4-19(33)5-3-18)29-22-8-20(9-23(34)28(22)36-24-6-7-44-30(24)29)41-16-32(17-41)14-39(15-32)13-26(43)40-11-21(42)12-40/h2-5,8-9,21,42H,6-7,11-17H2,1H3. The molecule has 0 aliphatic carbocycles. The molecular formula is C32H29F2N7O3S. The molecule has 4 aliphatic rings. The van der Waals surface area contributed by atoms with Gasteiger partial charge in [-0.1, -0.05) is 11.3 Å². The number of β-amino-alcohol motifs (C(OH)–C–C–N with tert-alkyl or cyclic N) is 1. The zero-order valence-electron chi connectivity index (χ0n) is 24.5. The average molecular weight is 630 g/mol. The molecule has 1 N–H and O–H groups in total. The lowest BCUT2D eigenvalue weighted by Crippen LogP contribution is -2.73. The van der Waals surface area contributed by atoms with Gasteiger partial charge in [0.1, 0.15) is 28.0 Å². The van der Waals surface area contributed by atoms with Crippen LogP contribution in [0.25, 0.3) is 22.2 Å². The van der Waals surface area contributed by atoms with E-state index < -0.39 is 11.9 Å². The van der Waals surface area contributed by atoms with E-state index in [0.29, 0.717) is 76.4 Å². The molecule has 6 heterocycles. The summed E-state index contributed by atoms with van der Waals surface area (Å²) in [4.78, 5) is 30.0. The predicted molar refractivity (Wildman–Crippen MR) is 165 cm³/mol. The van der Waals surface area contributed by atoms with Gasteiger partial charge in [-0.25, -0.2) is 18.7 Å². The van der Waals surface area contributed by atoms with Crippen molar-refractivity contribution in [3.05, 3.63) is 58.6 Å². The molecule has 0 radical (unpaired) electrons. The monoisotopic (exact) mass is 629 g/mol. The molecule has 0 bridgehead atoms. The van der Waals surface area contributed by atoms with Crippen molar-refractivity contribution in [2.45, 2.75) is 12.5 Å². The predicted octanol–water partition coefficient (Wildman–Crippen LogP) is 3.54. The number of benzene rings is 2. The van der Waals surface area contributed by atoms with E-state index in [1.54, 1.807) is 17.0 Å². The van der Waals surface area contributed by atoms with Gasteiger partial charge < -0.3 is 24.5 Å². The number of aliphatic hydroxyl groups is 1. The van der Waals surface area contributed by atoms with Crippen molar-refractivity contribution in [1.29, 1.82) is 5.26 Å². The van der Waals surface area contributed by atoms with E-state index in [0.717, 1.165) is 31.9 Å². The third-order valence-corrected chi connectivity index (χ3v) is 10.2. The molecule has 13 heteroatoms. The van der Waals surface area contributed by atoms with Crippen LogP contribution in [0.3, 0.4) is 0 Å². The number of carbonyl (C=O) groups excluding carboxylic acids is 1. The van der Waals surface area contributed by atoms with Crippen LogP contribution in [-0.4, -0.2) is 96.4 Å². The smallest absolute Gasteiger partial charge is 0.236 e. The number of ether oxygens (including phenoxy) is 1. The first-order valence-corrected chi connectivity index (χ1v) is 15.6. The van der Waals surface area contributed by atoms with Gasteiger partial charge in [-0.15, -0.1) is 0 Å². The average Bonchev–Trinajstić information content (AvgIpc) is 3.62. The summed E-state index contributed by atoms with van der Waals surface area (Å²) in [6, 6.07) is 11.5. The molecule has 1 amide bonds. The highest BCUT2D eigenvalue weighted by molar-refractivity contribution is 7.16. The number of nitrogens with zero attached hydrogens (tertiary/aromatic N) is 7. The molecule has 0 unspecified atom stereocenters. The molecular weight excluding hydrogens is 600 g/mol. The van der Waals surface area contributed by atoms with E-state index in [1.807, 2.05) is 18.0 Å². The highest BCUT2D eigenvalue weighted by Gasteiger charge is 2.52. The molecule has 8 rings (SSSR count). The molecule has 2 aromatic carbocycles. The number of likely N-dealkylation sites (tertiary alicyclic amines) is 2. The summed E-state index contributed by atoms with van der Waals surface area (Å²) in [5, 5.41) is 20.4.